The minimum absolute atomic E-state index is 0.123. The fourth-order valence-corrected chi connectivity index (χ4v) is 2.68. The highest BCUT2D eigenvalue weighted by Gasteiger charge is 2.11. The van der Waals surface area contributed by atoms with Crippen molar-refractivity contribution < 1.29 is 9.53 Å². The van der Waals surface area contributed by atoms with E-state index in [2.05, 4.69) is 5.32 Å². The number of rotatable bonds is 6. The Balaban J connectivity index is 1.99. The monoisotopic (exact) mass is 337 g/mol. The van der Waals surface area contributed by atoms with Gasteiger partial charge in [-0.3, -0.25) is 4.79 Å². The highest BCUT2D eigenvalue weighted by molar-refractivity contribution is 6.36. The van der Waals surface area contributed by atoms with Crippen LogP contribution in [0.1, 0.15) is 16.7 Å². The Kier molecular flexibility index (Phi) is 6.25. The van der Waals surface area contributed by atoms with Crippen LogP contribution in [-0.4, -0.2) is 13.0 Å². The van der Waals surface area contributed by atoms with Crippen LogP contribution in [-0.2, 0) is 29.1 Å². The molecule has 0 radical (unpaired) electrons. The van der Waals surface area contributed by atoms with E-state index in [1.807, 2.05) is 24.3 Å². The summed E-state index contributed by atoms with van der Waals surface area (Å²) >= 11 is 12.2. The predicted octanol–water partition coefficient (Wildman–Crippen LogP) is 4.00. The van der Waals surface area contributed by atoms with E-state index in [1.54, 1.807) is 25.3 Å². The van der Waals surface area contributed by atoms with Gasteiger partial charge in [-0.2, -0.15) is 0 Å². The van der Waals surface area contributed by atoms with Gasteiger partial charge >= 0.3 is 0 Å². The van der Waals surface area contributed by atoms with Crippen molar-refractivity contribution in [1.29, 1.82) is 0 Å². The van der Waals surface area contributed by atoms with Crippen LogP contribution in [0.3, 0.4) is 0 Å². The lowest BCUT2D eigenvalue weighted by molar-refractivity contribution is -0.120. The molecule has 0 heterocycles. The zero-order valence-corrected chi connectivity index (χ0v) is 13.7. The summed E-state index contributed by atoms with van der Waals surface area (Å²) in [5.41, 5.74) is 2.73. The summed E-state index contributed by atoms with van der Waals surface area (Å²) in [6.07, 6.45) is 0.158. The number of ether oxygens (including phenoxy) is 1. The van der Waals surface area contributed by atoms with Gasteiger partial charge in [0.25, 0.3) is 0 Å². The zero-order valence-electron chi connectivity index (χ0n) is 12.2. The topological polar surface area (TPSA) is 38.3 Å². The molecule has 1 N–H and O–H groups in total. The van der Waals surface area contributed by atoms with Crippen LogP contribution in [0.5, 0.6) is 0 Å². The molecule has 0 saturated carbocycles. The largest absolute Gasteiger partial charge is 0.380 e. The molecule has 0 bridgehead atoms. The lowest BCUT2D eigenvalue weighted by Gasteiger charge is -2.11. The predicted molar refractivity (Wildman–Crippen MR) is 89.2 cm³/mol. The molecule has 0 atom stereocenters. The lowest BCUT2D eigenvalue weighted by Crippen LogP contribution is -2.25. The maximum absolute atomic E-state index is 12.1. The average molecular weight is 338 g/mol. The summed E-state index contributed by atoms with van der Waals surface area (Å²) in [4.78, 5) is 12.1. The first kappa shape index (κ1) is 16.8. The van der Waals surface area contributed by atoms with E-state index in [4.69, 9.17) is 27.9 Å². The van der Waals surface area contributed by atoms with Crippen molar-refractivity contribution in [3.05, 3.63) is 69.2 Å². The molecular weight excluding hydrogens is 321 g/mol. The normalized spacial score (nSPS) is 10.5. The minimum Gasteiger partial charge on any atom is -0.380 e. The first-order valence-corrected chi connectivity index (χ1v) is 7.62. The number of hydrogen-bond acceptors (Lipinski definition) is 2. The number of carbonyl (C=O) groups is 1. The van der Waals surface area contributed by atoms with Crippen LogP contribution < -0.4 is 5.32 Å². The SMILES string of the molecule is COCc1ccccc1CNC(=O)Cc1c(Cl)cccc1Cl. The molecular formula is C17H17Cl2NO2. The second-order valence-electron chi connectivity index (χ2n) is 4.86. The highest BCUT2D eigenvalue weighted by atomic mass is 35.5. The van der Waals surface area contributed by atoms with Crippen LogP contribution >= 0.6 is 23.2 Å². The molecule has 1 amide bonds. The molecule has 116 valence electrons. The lowest BCUT2D eigenvalue weighted by atomic mass is 10.1. The maximum atomic E-state index is 12.1. The third-order valence-electron chi connectivity index (χ3n) is 3.29. The Morgan fingerprint density at radius 2 is 1.68 bits per heavy atom. The van der Waals surface area contributed by atoms with Gasteiger partial charge in [-0.25, -0.2) is 0 Å². The van der Waals surface area contributed by atoms with Crippen molar-refractivity contribution >= 4 is 29.1 Å². The van der Waals surface area contributed by atoms with Crippen molar-refractivity contribution in [3.63, 3.8) is 0 Å². The Morgan fingerprint density at radius 1 is 1.05 bits per heavy atom. The number of methoxy groups -OCH3 is 1. The number of halogens is 2. The van der Waals surface area contributed by atoms with E-state index < -0.39 is 0 Å². The highest BCUT2D eigenvalue weighted by Crippen LogP contribution is 2.24. The van der Waals surface area contributed by atoms with Crippen molar-refractivity contribution in [2.45, 2.75) is 19.6 Å². The molecule has 2 aromatic carbocycles. The molecule has 0 saturated heterocycles. The first-order valence-electron chi connectivity index (χ1n) is 6.87. The summed E-state index contributed by atoms with van der Waals surface area (Å²) in [5, 5.41) is 3.89. The minimum atomic E-state index is -0.123. The van der Waals surface area contributed by atoms with Crippen LogP contribution in [0.15, 0.2) is 42.5 Å². The molecule has 0 aliphatic rings. The number of hydrogen-bond donors (Lipinski definition) is 1. The van der Waals surface area contributed by atoms with Crippen LogP contribution in [0.2, 0.25) is 10.0 Å². The van der Waals surface area contributed by atoms with Crippen molar-refractivity contribution in [2.75, 3.05) is 7.11 Å². The molecule has 0 spiro atoms. The molecule has 2 aromatic rings. The fourth-order valence-electron chi connectivity index (χ4n) is 2.14. The van der Waals surface area contributed by atoms with Crippen LogP contribution in [0, 0.1) is 0 Å². The van der Waals surface area contributed by atoms with Crippen LogP contribution in [0.25, 0.3) is 0 Å². The van der Waals surface area contributed by atoms with Gasteiger partial charge in [0.15, 0.2) is 0 Å². The Hall–Kier alpha value is -1.55. The summed E-state index contributed by atoms with van der Waals surface area (Å²) < 4.78 is 5.15. The van der Waals surface area contributed by atoms with Crippen LogP contribution in [0.4, 0.5) is 0 Å². The molecule has 5 heteroatoms. The molecule has 0 aromatic heterocycles. The summed E-state index contributed by atoms with van der Waals surface area (Å²) in [6.45, 7) is 0.961. The third-order valence-corrected chi connectivity index (χ3v) is 4.00. The van der Waals surface area contributed by atoms with E-state index >= 15 is 0 Å². The average Bonchev–Trinajstić information content (AvgIpc) is 2.50. The quantitative estimate of drug-likeness (QED) is 0.865. The number of carbonyl (C=O) groups excluding carboxylic acids is 1. The summed E-state index contributed by atoms with van der Waals surface area (Å²) in [6, 6.07) is 13.0. The summed E-state index contributed by atoms with van der Waals surface area (Å²) in [5.74, 6) is -0.123. The van der Waals surface area contributed by atoms with Gasteiger partial charge in [-0.15, -0.1) is 0 Å². The molecule has 22 heavy (non-hydrogen) atoms. The second-order valence-corrected chi connectivity index (χ2v) is 5.67. The maximum Gasteiger partial charge on any atom is 0.224 e. The van der Waals surface area contributed by atoms with Crippen molar-refractivity contribution in [3.8, 4) is 0 Å². The molecule has 0 fully saturated rings. The van der Waals surface area contributed by atoms with E-state index in [-0.39, 0.29) is 12.3 Å². The Morgan fingerprint density at radius 3 is 2.32 bits per heavy atom. The molecule has 0 aliphatic heterocycles. The Bertz CT molecular complexity index is 639. The fraction of sp³-hybridized carbons (Fsp3) is 0.235. The molecule has 2 rings (SSSR count). The smallest absolute Gasteiger partial charge is 0.224 e. The van der Waals surface area contributed by atoms with Gasteiger partial charge in [0, 0.05) is 23.7 Å². The number of amides is 1. The first-order chi connectivity index (χ1) is 10.6. The van der Waals surface area contributed by atoms with E-state index in [1.165, 1.54) is 0 Å². The molecule has 0 unspecified atom stereocenters. The third kappa shape index (κ3) is 4.47. The van der Waals surface area contributed by atoms with Gasteiger partial charge in [0.05, 0.1) is 13.0 Å². The number of nitrogens with one attached hydrogen (secondary N) is 1. The van der Waals surface area contributed by atoms with Gasteiger partial charge < -0.3 is 10.1 Å². The van der Waals surface area contributed by atoms with Crippen molar-refractivity contribution in [2.24, 2.45) is 0 Å². The van der Waals surface area contributed by atoms with Gasteiger partial charge in [0.1, 0.15) is 0 Å². The molecule has 0 aliphatic carbocycles. The number of benzene rings is 2. The van der Waals surface area contributed by atoms with Gasteiger partial charge in [-0.1, -0.05) is 53.5 Å². The van der Waals surface area contributed by atoms with E-state index in [0.717, 1.165) is 11.1 Å². The Labute approximate surface area is 140 Å². The zero-order chi connectivity index (χ0) is 15.9. The van der Waals surface area contributed by atoms with E-state index in [0.29, 0.717) is 28.8 Å². The van der Waals surface area contributed by atoms with Gasteiger partial charge in [-0.05, 0) is 28.8 Å². The van der Waals surface area contributed by atoms with Crippen molar-refractivity contribution in [1.82, 2.24) is 5.32 Å². The second kappa shape index (κ2) is 8.18. The standard InChI is InChI=1S/C17H17Cl2NO2/c1-22-11-13-6-3-2-5-12(13)10-20-17(21)9-14-15(18)7-4-8-16(14)19/h2-8H,9-11H2,1H3,(H,20,21). The molecule has 3 nitrogen and oxygen atoms in total. The van der Waals surface area contributed by atoms with E-state index in [9.17, 15) is 4.79 Å². The summed E-state index contributed by atoms with van der Waals surface area (Å²) in [7, 11) is 1.65. The van der Waals surface area contributed by atoms with Gasteiger partial charge in [0.2, 0.25) is 5.91 Å².